The molecule has 104 valence electrons. The zero-order chi connectivity index (χ0) is 14.8. The highest BCUT2D eigenvalue weighted by Crippen LogP contribution is 2.17. The van der Waals surface area contributed by atoms with Crippen LogP contribution in [0.2, 0.25) is 0 Å². The molecule has 0 fully saturated rings. The monoisotopic (exact) mass is 270 g/mol. The maximum absolute atomic E-state index is 10.2. The molecule has 0 aromatic heterocycles. The van der Waals surface area contributed by atoms with Crippen LogP contribution in [0.15, 0.2) is 60.7 Å². The van der Waals surface area contributed by atoms with Gasteiger partial charge in [0.1, 0.15) is 0 Å². The van der Waals surface area contributed by atoms with Gasteiger partial charge in [-0.25, -0.2) is 0 Å². The van der Waals surface area contributed by atoms with E-state index in [1.165, 1.54) is 18.1 Å². The minimum Gasteiger partial charge on any atom is -0.393 e. The van der Waals surface area contributed by atoms with Crippen molar-refractivity contribution in [3.8, 4) is 11.1 Å². The van der Waals surface area contributed by atoms with Gasteiger partial charge in [0.05, 0.1) is 0 Å². The van der Waals surface area contributed by atoms with Crippen molar-refractivity contribution in [3.05, 3.63) is 60.7 Å². The summed E-state index contributed by atoms with van der Waals surface area (Å²) in [6, 6.07) is 20.8. The lowest BCUT2D eigenvalue weighted by molar-refractivity contribution is -0.157. The lowest BCUT2D eigenvalue weighted by atomic mass is 10.1. The molecule has 0 unspecified atom stereocenters. The summed E-state index contributed by atoms with van der Waals surface area (Å²) in [6.07, 6.45) is 0.250. The number of carbonyl (C=O) groups excluding carboxylic acids is 2. The van der Waals surface area contributed by atoms with Crippen LogP contribution in [0.4, 0.5) is 0 Å². The van der Waals surface area contributed by atoms with Gasteiger partial charge >= 0.3 is 11.9 Å². The summed E-state index contributed by atoms with van der Waals surface area (Å²) in [5, 5.41) is 0. The number of hydrogen-bond donors (Lipinski definition) is 0. The molecule has 3 heteroatoms. The van der Waals surface area contributed by atoms with Crippen LogP contribution in [-0.4, -0.2) is 11.9 Å². The number of hydrogen-bond acceptors (Lipinski definition) is 3. The Morgan fingerprint density at radius 3 is 1.50 bits per heavy atom. The highest BCUT2D eigenvalue weighted by molar-refractivity contribution is 5.83. The molecule has 0 heterocycles. The molecule has 0 aliphatic carbocycles. The standard InChI is InChI=1S/C12H10.C5H8O3/c1-3-7-11(8-4-1)12-9-5-2-6-10-12;1-3-5(7)8-4(2)6/h1-10H;3H2,1-2H3. The number of esters is 2. The first kappa shape index (κ1) is 15.6. The van der Waals surface area contributed by atoms with Crippen LogP contribution in [0.25, 0.3) is 11.1 Å². The van der Waals surface area contributed by atoms with Crippen molar-refractivity contribution in [1.82, 2.24) is 0 Å². The molecule has 2 aromatic rings. The average molecular weight is 270 g/mol. The largest absolute Gasteiger partial charge is 0.393 e. The SMILES string of the molecule is CCC(=O)OC(C)=O.c1ccc(-c2ccccc2)cc1. The van der Waals surface area contributed by atoms with Gasteiger partial charge in [-0.1, -0.05) is 67.6 Å². The second kappa shape index (κ2) is 8.64. The average Bonchev–Trinajstić information content (AvgIpc) is 2.49. The molecule has 2 rings (SSSR count). The highest BCUT2D eigenvalue weighted by Gasteiger charge is 1.99. The summed E-state index contributed by atoms with van der Waals surface area (Å²) in [5.41, 5.74) is 2.55. The van der Waals surface area contributed by atoms with Gasteiger partial charge in [0.25, 0.3) is 0 Å². The van der Waals surface area contributed by atoms with Crippen molar-refractivity contribution in [2.24, 2.45) is 0 Å². The molecular weight excluding hydrogens is 252 g/mol. The van der Waals surface area contributed by atoms with E-state index in [0.717, 1.165) is 0 Å². The van der Waals surface area contributed by atoms with E-state index in [0.29, 0.717) is 0 Å². The highest BCUT2D eigenvalue weighted by atomic mass is 16.6. The van der Waals surface area contributed by atoms with E-state index in [9.17, 15) is 9.59 Å². The summed E-state index contributed by atoms with van der Waals surface area (Å²) in [4.78, 5) is 20.1. The maximum atomic E-state index is 10.2. The molecule has 0 radical (unpaired) electrons. The van der Waals surface area contributed by atoms with E-state index in [1.807, 2.05) is 12.1 Å². The third kappa shape index (κ3) is 5.96. The van der Waals surface area contributed by atoms with E-state index < -0.39 is 11.9 Å². The Labute approximate surface area is 119 Å². The van der Waals surface area contributed by atoms with Gasteiger partial charge in [0, 0.05) is 13.3 Å². The summed E-state index contributed by atoms with van der Waals surface area (Å²) >= 11 is 0. The minimum atomic E-state index is -0.545. The molecule has 0 saturated heterocycles. The summed E-state index contributed by atoms with van der Waals surface area (Å²) in [7, 11) is 0. The predicted molar refractivity (Wildman–Crippen MR) is 78.9 cm³/mol. The van der Waals surface area contributed by atoms with Crippen LogP contribution >= 0.6 is 0 Å². The Morgan fingerprint density at radius 1 is 0.850 bits per heavy atom. The molecule has 0 aliphatic heterocycles. The van der Waals surface area contributed by atoms with Gasteiger partial charge in [-0.15, -0.1) is 0 Å². The van der Waals surface area contributed by atoms with Crippen molar-refractivity contribution in [1.29, 1.82) is 0 Å². The van der Waals surface area contributed by atoms with Crippen LogP contribution in [-0.2, 0) is 14.3 Å². The topological polar surface area (TPSA) is 43.4 Å². The fourth-order valence-electron chi connectivity index (χ4n) is 1.49. The van der Waals surface area contributed by atoms with E-state index in [-0.39, 0.29) is 6.42 Å². The number of ether oxygens (including phenoxy) is 1. The molecule has 0 spiro atoms. The molecule has 20 heavy (non-hydrogen) atoms. The van der Waals surface area contributed by atoms with Crippen LogP contribution in [0.5, 0.6) is 0 Å². The fraction of sp³-hybridized carbons (Fsp3) is 0.176. The third-order valence-corrected chi connectivity index (χ3v) is 2.43. The molecule has 0 atom stereocenters. The Balaban J connectivity index is 0.000000221. The number of benzene rings is 2. The van der Waals surface area contributed by atoms with E-state index >= 15 is 0 Å². The van der Waals surface area contributed by atoms with E-state index in [4.69, 9.17) is 0 Å². The second-order valence-electron chi connectivity index (χ2n) is 4.05. The summed E-state index contributed by atoms with van der Waals surface area (Å²) in [6.45, 7) is 2.83. The van der Waals surface area contributed by atoms with Crippen molar-refractivity contribution in [2.45, 2.75) is 20.3 Å². The molecule has 0 aliphatic rings. The molecule has 0 amide bonds. The van der Waals surface area contributed by atoms with Crippen molar-refractivity contribution >= 4 is 11.9 Å². The molecule has 0 bridgehead atoms. The van der Waals surface area contributed by atoms with Gasteiger partial charge in [0.15, 0.2) is 0 Å². The van der Waals surface area contributed by atoms with Gasteiger partial charge in [0.2, 0.25) is 0 Å². The number of carbonyl (C=O) groups is 2. The molecular formula is C17H18O3. The maximum Gasteiger partial charge on any atom is 0.313 e. The van der Waals surface area contributed by atoms with E-state index in [1.54, 1.807) is 6.92 Å². The Morgan fingerprint density at radius 2 is 1.25 bits per heavy atom. The lowest BCUT2D eigenvalue weighted by Crippen LogP contribution is -2.06. The van der Waals surface area contributed by atoms with Crippen LogP contribution in [0.3, 0.4) is 0 Å². The predicted octanol–water partition coefficient (Wildman–Crippen LogP) is 3.84. The first-order valence-corrected chi connectivity index (χ1v) is 6.45. The van der Waals surface area contributed by atoms with Crippen molar-refractivity contribution in [2.75, 3.05) is 0 Å². The Kier molecular flexibility index (Phi) is 6.76. The van der Waals surface area contributed by atoms with E-state index in [2.05, 4.69) is 53.3 Å². The van der Waals surface area contributed by atoms with Gasteiger partial charge < -0.3 is 4.74 Å². The summed E-state index contributed by atoms with van der Waals surface area (Å²) in [5.74, 6) is -1.02. The van der Waals surface area contributed by atoms with Crippen molar-refractivity contribution in [3.63, 3.8) is 0 Å². The zero-order valence-corrected chi connectivity index (χ0v) is 11.7. The Hall–Kier alpha value is -2.42. The van der Waals surface area contributed by atoms with Gasteiger partial charge in [-0.05, 0) is 11.1 Å². The normalized spacial score (nSPS) is 9.10. The Bertz CT molecular complexity index is 495. The van der Waals surface area contributed by atoms with Crippen molar-refractivity contribution < 1.29 is 14.3 Å². The second-order valence-corrected chi connectivity index (χ2v) is 4.05. The fourth-order valence-corrected chi connectivity index (χ4v) is 1.49. The molecule has 0 saturated carbocycles. The third-order valence-electron chi connectivity index (χ3n) is 2.43. The quantitative estimate of drug-likeness (QED) is 0.615. The molecule has 3 nitrogen and oxygen atoms in total. The first-order valence-electron chi connectivity index (χ1n) is 6.45. The molecule has 2 aromatic carbocycles. The van der Waals surface area contributed by atoms with Crippen LogP contribution in [0, 0.1) is 0 Å². The molecule has 0 N–H and O–H groups in total. The van der Waals surface area contributed by atoms with Gasteiger partial charge in [-0.3, -0.25) is 9.59 Å². The lowest BCUT2D eigenvalue weighted by Gasteiger charge is -1.98. The summed E-state index contributed by atoms with van der Waals surface area (Å²) < 4.78 is 4.12. The smallest absolute Gasteiger partial charge is 0.313 e. The number of rotatable bonds is 2. The first-order chi connectivity index (χ1) is 9.63. The zero-order valence-electron chi connectivity index (χ0n) is 11.7. The van der Waals surface area contributed by atoms with Crippen LogP contribution in [0.1, 0.15) is 20.3 Å². The van der Waals surface area contributed by atoms with Crippen LogP contribution < -0.4 is 0 Å². The minimum absolute atomic E-state index is 0.250. The van der Waals surface area contributed by atoms with Gasteiger partial charge in [-0.2, -0.15) is 0 Å².